The summed E-state index contributed by atoms with van der Waals surface area (Å²) in [6, 6.07) is 8.09. The Kier molecular flexibility index (Phi) is 7.96. The number of carbonyl (C=O) groups is 3. The Morgan fingerprint density at radius 2 is 1.44 bits per heavy atom. The van der Waals surface area contributed by atoms with E-state index in [-0.39, 0.29) is 42.6 Å². The van der Waals surface area contributed by atoms with E-state index in [2.05, 4.69) is 5.32 Å². The predicted molar refractivity (Wildman–Crippen MR) is 140 cm³/mol. The molecular weight excluding hydrogens is 514 g/mol. The van der Waals surface area contributed by atoms with Crippen LogP contribution in [0.3, 0.4) is 0 Å². The van der Waals surface area contributed by atoms with Gasteiger partial charge in [0.25, 0.3) is 0 Å². The smallest absolute Gasteiger partial charge is 0.414 e. The molecule has 0 spiro atoms. The lowest BCUT2D eigenvalue weighted by Crippen LogP contribution is -2.38. The average Bonchev–Trinajstić information content (AvgIpc) is 3.38. The quantitative estimate of drug-likeness (QED) is 0.515. The number of amides is 3. The van der Waals surface area contributed by atoms with Crippen LogP contribution in [-0.2, 0) is 14.2 Å². The second-order valence-electron chi connectivity index (χ2n) is 10.7. The minimum Gasteiger partial charge on any atom is -0.444 e. The van der Waals surface area contributed by atoms with Gasteiger partial charge in [0, 0.05) is 17.7 Å². The van der Waals surface area contributed by atoms with Crippen LogP contribution in [0.5, 0.6) is 0 Å². The summed E-state index contributed by atoms with van der Waals surface area (Å²) in [6.45, 7) is 6.10. The zero-order valence-electron chi connectivity index (χ0n) is 22.5. The van der Waals surface area contributed by atoms with Gasteiger partial charge >= 0.3 is 18.3 Å². The molecule has 1 N–H and O–H groups in total. The van der Waals surface area contributed by atoms with Crippen molar-refractivity contribution in [3.05, 3.63) is 48.0 Å². The summed E-state index contributed by atoms with van der Waals surface area (Å²) in [7, 11) is 3.72. The van der Waals surface area contributed by atoms with Crippen LogP contribution >= 0.6 is 0 Å². The number of hydrogen-bond donors (Lipinski definition) is 1. The van der Waals surface area contributed by atoms with Gasteiger partial charge in [0.1, 0.15) is 29.4 Å². The first kappa shape index (κ1) is 28.1. The third-order valence-electron chi connectivity index (χ3n) is 6.01. The summed E-state index contributed by atoms with van der Waals surface area (Å²) in [5, 5.41) is 2.54. The van der Waals surface area contributed by atoms with Crippen molar-refractivity contribution in [3.63, 3.8) is 0 Å². The van der Waals surface area contributed by atoms with E-state index in [4.69, 9.17) is 14.2 Å². The minimum atomic E-state index is -0.742. The second-order valence-corrected chi connectivity index (χ2v) is 10.7. The molecule has 2 aliphatic rings. The monoisotopic (exact) mass is 546 g/mol. The van der Waals surface area contributed by atoms with Gasteiger partial charge in [0.15, 0.2) is 0 Å². The van der Waals surface area contributed by atoms with Gasteiger partial charge in [-0.3, -0.25) is 9.80 Å². The van der Waals surface area contributed by atoms with Gasteiger partial charge in [-0.15, -0.1) is 0 Å². The van der Waals surface area contributed by atoms with Crippen molar-refractivity contribution in [1.82, 2.24) is 10.2 Å². The SMILES string of the molecule is CN(C)C[C@H]1CN(c2ccc(-c3ccc(N4C[C@H](CNC(=O)OC(C)(C)C)OC4=O)cc3F)c(F)c2)C(=O)O1. The maximum atomic E-state index is 15.1. The first-order valence-electron chi connectivity index (χ1n) is 12.5. The highest BCUT2D eigenvalue weighted by Crippen LogP contribution is 2.33. The van der Waals surface area contributed by atoms with E-state index in [9.17, 15) is 14.4 Å². The fourth-order valence-corrected chi connectivity index (χ4v) is 4.37. The minimum absolute atomic E-state index is 0.00337. The molecule has 10 nitrogen and oxygen atoms in total. The number of carbonyl (C=O) groups excluding carboxylic acids is 3. The number of anilines is 2. The van der Waals surface area contributed by atoms with Crippen LogP contribution in [0.2, 0.25) is 0 Å². The molecule has 2 aliphatic heterocycles. The van der Waals surface area contributed by atoms with Crippen LogP contribution in [0.1, 0.15) is 20.8 Å². The largest absolute Gasteiger partial charge is 0.444 e. The highest BCUT2D eigenvalue weighted by Gasteiger charge is 2.34. The maximum absolute atomic E-state index is 15.1. The number of halogens is 2. The molecule has 210 valence electrons. The Balaban J connectivity index is 1.43. The zero-order valence-corrected chi connectivity index (χ0v) is 22.5. The van der Waals surface area contributed by atoms with Crippen molar-refractivity contribution in [1.29, 1.82) is 0 Å². The third-order valence-corrected chi connectivity index (χ3v) is 6.01. The number of nitrogens with zero attached hydrogens (tertiary/aromatic N) is 3. The van der Waals surface area contributed by atoms with E-state index >= 15 is 8.78 Å². The number of cyclic esters (lactones) is 2. The van der Waals surface area contributed by atoms with Gasteiger partial charge in [-0.25, -0.2) is 23.2 Å². The second kappa shape index (κ2) is 11.0. The van der Waals surface area contributed by atoms with Crippen LogP contribution < -0.4 is 15.1 Å². The van der Waals surface area contributed by atoms with E-state index in [1.54, 1.807) is 20.8 Å². The molecule has 2 atom stereocenters. The fourth-order valence-electron chi connectivity index (χ4n) is 4.37. The van der Waals surface area contributed by atoms with E-state index in [1.165, 1.54) is 40.1 Å². The Bertz CT molecular complexity index is 1270. The molecule has 4 rings (SSSR count). The maximum Gasteiger partial charge on any atom is 0.414 e. The number of nitrogens with one attached hydrogen (secondary N) is 1. The zero-order chi connectivity index (χ0) is 28.5. The Labute approximate surface area is 225 Å². The molecule has 0 aromatic heterocycles. The van der Waals surface area contributed by atoms with E-state index < -0.39 is 41.6 Å². The molecule has 39 heavy (non-hydrogen) atoms. The fraction of sp³-hybridized carbons (Fsp3) is 0.444. The molecule has 2 heterocycles. The molecule has 12 heteroatoms. The normalized spacial score (nSPS) is 19.4. The first-order valence-corrected chi connectivity index (χ1v) is 12.5. The summed E-state index contributed by atoms with van der Waals surface area (Å²) in [5.74, 6) is -1.45. The van der Waals surface area contributed by atoms with E-state index in [0.717, 1.165) is 6.07 Å². The van der Waals surface area contributed by atoms with E-state index in [1.807, 2.05) is 19.0 Å². The molecule has 0 saturated carbocycles. The molecule has 3 amide bonds. The van der Waals surface area contributed by atoms with Crippen LogP contribution in [0.25, 0.3) is 11.1 Å². The van der Waals surface area contributed by atoms with Gasteiger partial charge in [0.05, 0.1) is 31.0 Å². The van der Waals surface area contributed by atoms with E-state index in [0.29, 0.717) is 12.2 Å². The third kappa shape index (κ3) is 6.75. The molecule has 0 bridgehead atoms. The molecule has 0 unspecified atom stereocenters. The summed E-state index contributed by atoms with van der Waals surface area (Å²) in [4.78, 5) is 41.0. The molecule has 2 aromatic carbocycles. The summed E-state index contributed by atoms with van der Waals surface area (Å²) < 4.78 is 46.0. The Hall–Kier alpha value is -3.93. The van der Waals surface area contributed by atoms with Crippen molar-refractivity contribution in [2.45, 2.75) is 38.6 Å². The number of ether oxygens (including phenoxy) is 3. The van der Waals surface area contributed by atoms with Gasteiger partial charge in [-0.05, 0) is 71.3 Å². The summed E-state index contributed by atoms with van der Waals surface area (Å²) >= 11 is 0. The molecule has 2 fully saturated rings. The Morgan fingerprint density at radius 3 is 1.90 bits per heavy atom. The molecule has 2 aromatic rings. The highest BCUT2D eigenvalue weighted by atomic mass is 19.1. The average molecular weight is 547 g/mol. The van der Waals surface area contributed by atoms with Crippen molar-refractivity contribution >= 4 is 29.7 Å². The van der Waals surface area contributed by atoms with Crippen molar-refractivity contribution in [2.24, 2.45) is 0 Å². The summed E-state index contributed by atoms with van der Waals surface area (Å²) in [6.07, 6.45) is -2.91. The van der Waals surface area contributed by atoms with Gasteiger partial charge < -0.3 is 24.4 Å². The van der Waals surface area contributed by atoms with Crippen LogP contribution in [0.15, 0.2) is 36.4 Å². The lowest BCUT2D eigenvalue weighted by Gasteiger charge is -2.20. The topological polar surface area (TPSA) is 101 Å². The van der Waals surface area contributed by atoms with Crippen LogP contribution in [-0.4, -0.2) is 81.3 Å². The highest BCUT2D eigenvalue weighted by molar-refractivity contribution is 5.91. The van der Waals surface area contributed by atoms with Gasteiger partial charge in [0.2, 0.25) is 0 Å². The van der Waals surface area contributed by atoms with Crippen molar-refractivity contribution in [3.8, 4) is 11.1 Å². The molecule has 0 radical (unpaired) electrons. The summed E-state index contributed by atoms with van der Waals surface area (Å²) in [5.41, 5.74) is -0.136. The number of likely N-dealkylation sites (N-methyl/N-ethyl adjacent to an activating group) is 1. The lowest BCUT2D eigenvalue weighted by atomic mass is 10.0. The molecule has 0 aliphatic carbocycles. The van der Waals surface area contributed by atoms with Gasteiger partial charge in [-0.1, -0.05) is 0 Å². The number of alkyl carbamates (subject to hydrolysis) is 1. The van der Waals surface area contributed by atoms with Gasteiger partial charge in [-0.2, -0.15) is 0 Å². The Morgan fingerprint density at radius 1 is 0.949 bits per heavy atom. The predicted octanol–water partition coefficient (Wildman–Crippen LogP) is 4.37. The number of hydrogen-bond acceptors (Lipinski definition) is 7. The van der Waals surface area contributed by atoms with Crippen LogP contribution in [0.4, 0.5) is 34.5 Å². The van der Waals surface area contributed by atoms with Crippen LogP contribution in [0, 0.1) is 11.6 Å². The number of benzene rings is 2. The standard InChI is InChI=1S/C27H32F2N4O6/c1-27(2,3)39-24(34)30-12-18-14-32(25(35)37-18)16-6-8-20(22(28)10-16)21-9-7-17(11-23(21)29)33-15-19(13-31(4)5)38-26(33)36/h6-11,18-19H,12-15H2,1-5H3,(H,30,34)/t18-,19-/m0/s1. The van der Waals surface area contributed by atoms with Crippen molar-refractivity contribution in [2.75, 3.05) is 50.1 Å². The van der Waals surface area contributed by atoms with Crippen molar-refractivity contribution < 1.29 is 37.4 Å². The molecule has 2 saturated heterocycles. The number of rotatable bonds is 7. The lowest BCUT2D eigenvalue weighted by molar-refractivity contribution is 0.0496. The molecular formula is C27H32F2N4O6. The first-order chi connectivity index (χ1) is 18.3.